The van der Waals surface area contributed by atoms with Crippen LogP contribution in [0.25, 0.3) is 0 Å². The molecule has 4 rings (SSSR count). The molecule has 0 saturated carbocycles. The average molecular weight is 558 g/mol. The van der Waals surface area contributed by atoms with Crippen molar-refractivity contribution in [2.75, 3.05) is 19.1 Å². The van der Waals surface area contributed by atoms with E-state index < -0.39 is 6.04 Å². The number of benzene rings is 4. The lowest BCUT2D eigenvalue weighted by molar-refractivity contribution is -0.131. The van der Waals surface area contributed by atoms with Gasteiger partial charge in [-0.15, -0.1) is 0 Å². The Morgan fingerprint density at radius 2 is 1.57 bits per heavy atom. The number of likely N-dealkylation sites (N-methyl/N-ethyl adjacent to an activating group) is 1. The van der Waals surface area contributed by atoms with Gasteiger partial charge in [-0.25, -0.2) is 0 Å². The van der Waals surface area contributed by atoms with Crippen LogP contribution in [0.3, 0.4) is 0 Å². The summed E-state index contributed by atoms with van der Waals surface area (Å²) in [7, 11) is 1.60. The van der Waals surface area contributed by atoms with Crippen LogP contribution in [0.2, 0.25) is 5.02 Å². The van der Waals surface area contributed by atoms with Gasteiger partial charge in [0.15, 0.2) is 0 Å². The molecule has 7 nitrogen and oxygen atoms in total. The molecule has 1 unspecified atom stereocenters. The maximum Gasteiger partial charge on any atom is 0.263 e. The zero-order valence-corrected chi connectivity index (χ0v) is 23.4. The van der Waals surface area contributed by atoms with Crippen molar-refractivity contribution in [3.63, 3.8) is 0 Å². The van der Waals surface area contributed by atoms with Gasteiger partial charge in [0.25, 0.3) is 11.8 Å². The molecule has 8 heteroatoms. The molecule has 0 heterocycles. The normalized spacial score (nSPS) is 11.3. The van der Waals surface area contributed by atoms with Crippen LogP contribution in [0.1, 0.15) is 28.4 Å². The minimum Gasteiger partial charge on any atom is -0.497 e. The minimum absolute atomic E-state index is 0.265. The van der Waals surface area contributed by atoms with Crippen molar-refractivity contribution < 1.29 is 19.1 Å². The first-order chi connectivity index (χ1) is 19.3. The van der Waals surface area contributed by atoms with Crippen molar-refractivity contribution in [2.45, 2.75) is 26.3 Å². The van der Waals surface area contributed by atoms with Crippen molar-refractivity contribution in [2.24, 2.45) is 0 Å². The van der Waals surface area contributed by atoms with Crippen LogP contribution in [-0.4, -0.2) is 36.5 Å². The number of halogens is 1. The summed E-state index contributed by atoms with van der Waals surface area (Å²) < 4.78 is 11.1. The van der Waals surface area contributed by atoms with Gasteiger partial charge in [0, 0.05) is 23.6 Å². The predicted octanol–water partition coefficient (Wildman–Crippen LogP) is 6.67. The van der Waals surface area contributed by atoms with Crippen LogP contribution >= 0.6 is 11.6 Å². The van der Waals surface area contributed by atoms with Gasteiger partial charge in [0.1, 0.15) is 23.3 Å². The molecule has 0 spiro atoms. The lowest BCUT2D eigenvalue weighted by Crippen LogP contribution is -2.51. The molecule has 0 radical (unpaired) electrons. The van der Waals surface area contributed by atoms with E-state index in [2.05, 4.69) is 10.7 Å². The highest BCUT2D eigenvalue weighted by molar-refractivity contribution is 6.30. The van der Waals surface area contributed by atoms with Gasteiger partial charge >= 0.3 is 0 Å². The lowest BCUT2D eigenvalue weighted by atomic mass is 10.0. The van der Waals surface area contributed by atoms with Gasteiger partial charge in [-0.2, -0.15) is 0 Å². The quantitative estimate of drug-likeness (QED) is 0.201. The Balaban J connectivity index is 1.53. The van der Waals surface area contributed by atoms with Crippen molar-refractivity contribution in [1.82, 2.24) is 10.3 Å². The van der Waals surface area contributed by atoms with Crippen molar-refractivity contribution in [3.05, 3.63) is 119 Å². The third-order valence-electron chi connectivity index (χ3n) is 6.21. The monoisotopic (exact) mass is 557 g/mol. The Bertz CT molecular complexity index is 1440. The molecule has 2 amide bonds. The Morgan fingerprint density at radius 3 is 2.23 bits per heavy atom. The van der Waals surface area contributed by atoms with Crippen LogP contribution in [0.5, 0.6) is 17.2 Å². The van der Waals surface area contributed by atoms with E-state index in [9.17, 15) is 9.59 Å². The number of nitrogens with zero attached hydrogens (tertiary/aromatic N) is 1. The fourth-order valence-electron chi connectivity index (χ4n) is 4.12. The number of ether oxygens (including phenoxy) is 2. The van der Waals surface area contributed by atoms with Gasteiger partial charge in [-0.1, -0.05) is 47.5 Å². The smallest absolute Gasteiger partial charge is 0.263 e. The third-order valence-corrected chi connectivity index (χ3v) is 6.45. The molecule has 4 aromatic carbocycles. The van der Waals surface area contributed by atoms with E-state index in [1.165, 1.54) is 5.01 Å². The van der Waals surface area contributed by atoms with Crippen molar-refractivity contribution >= 4 is 29.1 Å². The topological polar surface area (TPSA) is 79.9 Å². The first-order valence-electron chi connectivity index (χ1n) is 13.0. The Kier molecular flexibility index (Phi) is 9.65. The van der Waals surface area contributed by atoms with E-state index in [0.29, 0.717) is 34.4 Å². The maximum absolute atomic E-state index is 13.8. The Hall–Kier alpha value is -4.49. The van der Waals surface area contributed by atoms with E-state index in [-0.39, 0.29) is 18.2 Å². The summed E-state index contributed by atoms with van der Waals surface area (Å²) in [4.78, 5) is 26.9. The van der Waals surface area contributed by atoms with Gasteiger partial charge in [-0.05, 0) is 86.1 Å². The fourth-order valence-corrected chi connectivity index (χ4v) is 4.30. The largest absolute Gasteiger partial charge is 0.497 e. The molecule has 206 valence electrons. The summed E-state index contributed by atoms with van der Waals surface area (Å²) in [6.45, 7) is 4.17. The molecule has 0 aliphatic carbocycles. The number of hydrogen-bond acceptors (Lipinski definition) is 5. The minimum atomic E-state index is -0.821. The van der Waals surface area contributed by atoms with Crippen molar-refractivity contribution in [3.8, 4) is 17.2 Å². The number of amides is 2. The van der Waals surface area contributed by atoms with Gasteiger partial charge in [0.05, 0.1) is 12.8 Å². The van der Waals surface area contributed by atoms with Gasteiger partial charge in [0.2, 0.25) is 0 Å². The van der Waals surface area contributed by atoms with Gasteiger partial charge < -0.3 is 14.8 Å². The van der Waals surface area contributed by atoms with Crippen LogP contribution in [0.15, 0.2) is 97.1 Å². The molecule has 40 heavy (non-hydrogen) atoms. The van der Waals surface area contributed by atoms with E-state index in [1.54, 1.807) is 31.4 Å². The third kappa shape index (κ3) is 7.77. The summed E-state index contributed by atoms with van der Waals surface area (Å²) in [5.74, 6) is 1.39. The molecule has 1 atom stereocenters. The highest BCUT2D eigenvalue weighted by Crippen LogP contribution is 2.25. The number of nitrogens with one attached hydrogen (secondary N) is 2. The zero-order valence-electron chi connectivity index (χ0n) is 22.7. The molecular weight excluding hydrogens is 526 g/mol. The SMILES string of the molecule is CCN(Nc1ccc(OC)cc1)C(=O)C(Cc1ccc(Oc2cccc(Cl)c2)cc1)NC(=O)c1cccc(C)c1. The molecule has 0 bridgehead atoms. The van der Waals surface area contributed by atoms with Crippen LogP contribution in [0.4, 0.5) is 5.69 Å². The second-order valence-electron chi connectivity index (χ2n) is 9.23. The number of methoxy groups -OCH3 is 1. The summed E-state index contributed by atoms with van der Waals surface area (Å²) in [5.41, 5.74) is 6.20. The summed E-state index contributed by atoms with van der Waals surface area (Å²) >= 11 is 6.06. The lowest BCUT2D eigenvalue weighted by Gasteiger charge is -2.28. The molecule has 0 fully saturated rings. The second kappa shape index (κ2) is 13.5. The number of carbonyl (C=O) groups is 2. The standard InChI is InChI=1S/C32H32ClN3O4/c1-4-36(35-26-13-17-27(39-3)18-14-26)32(38)30(34-31(37)24-8-5-7-22(2)19-24)20-23-11-15-28(16-12-23)40-29-10-6-9-25(33)21-29/h5-19,21,30,35H,4,20H2,1-3H3,(H,34,37). The number of anilines is 1. The summed E-state index contributed by atoms with van der Waals surface area (Å²) in [6.07, 6.45) is 0.286. The second-order valence-corrected chi connectivity index (χ2v) is 9.66. The Morgan fingerprint density at radius 1 is 0.875 bits per heavy atom. The van der Waals surface area contributed by atoms with Crippen molar-refractivity contribution in [1.29, 1.82) is 0 Å². The maximum atomic E-state index is 13.8. The van der Waals surface area contributed by atoms with E-state index in [1.807, 2.05) is 86.6 Å². The highest BCUT2D eigenvalue weighted by Gasteiger charge is 2.26. The molecular formula is C32H32ClN3O4. The summed E-state index contributed by atoms with van der Waals surface area (Å²) in [5, 5.41) is 5.04. The first-order valence-corrected chi connectivity index (χ1v) is 13.3. The van der Waals surface area contributed by atoms with Crippen LogP contribution in [0, 0.1) is 6.92 Å². The van der Waals surface area contributed by atoms with Crippen LogP contribution < -0.4 is 20.2 Å². The predicted molar refractivity (Wildman–Crippen MR) is 158 cm³/mol. The molecule has 2 N–H and O–H groups in total. The van der Waals surface area contributed by atoms with E-state index in [0.717, 1.165) is 16.8 Å². The number of aryl methyl sites for hydroxylation is 1. The number of rotatable bonds is 11. The molecule has 0 saturated heterocycles. The first kappa shape index (κ1) is 28.5. The molecule has 0 aliphatic rings. The van der Waals surface area contributed by atoms with Gasteiger partial charge in [-0.3, -0.25) is 20.0 Å². The number of hydrazine groups is 1. The Labute approximate surface area is 239 Å². The van der Waals surface area contributed by atoms with E-state index in [4.69, 9.17) is 21.1 Å². The average Bonchev–Trinajstić information content (AvgIpc) is 2.96. The number of carbonyl (C=O) groups excluding carboxylic acids is 2. The van der Waals surface area contributed by atoms with Crippen LogP contribution in [-0.2, 0) is 11.2 Å². The number of hydrogen-bond donors (Lipinski definition) is 2. The van der Waals surface area contributed by atoms with E-state index >= 15 is 0 Å². The highest BCUT2D eigenvalue weighted by atomic mass is 35.5. The molecule has 0 aromatic heterocycles. The molecule has 4 aromatic rings. The summed E-state index contributed by atoms with van der Waals surface area (Å²) in [6, 6.07) is 28.3. The zero-order chi connectivity index (χ0) is 28.5. The molecule has 0 aliphatic heterocycles. The fraction of sp³-hybridized carbons (Fsp3) is 0.188.